The van der Waals surface area contributed by atoms with Gasteiger partial charge in [-0.1, -0.05) is 18.2 Å². The monoisotopic (exact) mass is 360 g/mol. The summed E-state index contributed by atoms with van der Waals surface area (Å²) in [5.41, 5.74) is 1.07. The van der Waals surface area contributed by atoms with Gasteiger partial charge in [-0.25, -0.2) is 13.8 Å². The number of hydrogen-bond acceptors (Lipinski definition) is 4. The van der Waals surface area contributed by atoms with Gasteiger partial charge in [-0.15, -0.1) is 11.3 Å². The molecule has 0 fully saturated rings. The van der Waals surface area contributed by atoms with Gasteiger partial charge in [0.25, 0.3) is 5.91 Å². The Bertz CT molecular complexity index is 866. The minimum absolute atomic E-state index is 0.152. The highest BCUT2D eigenvalue weighted by molar-refractivity contribution is 7.09. The zero-order chi connectivity index (χ0) is 17.6. The van der Waals surface area contributed by atoms with Crippen LogP contribution in [0, 0.1) is 11.6 Å². The smallest absolute Gasteiger partial charge is 0.271 e. The first-order valence-corrected chi connectivity index (χ1v) is 8.33. The van der Waals surface area contributed by atoms with Crippen molar-refractivity contribution in [2.24, 2.45) is 0 Å². The molecule has 25 heavy (non-hydrogen) atoms. The number of carbonyl (C=O) groups is 1. The molecule has 1 N–H and O–H groups in total. The molecule has 3 aromatic rings. The molecule has 0 spiro atoms. The maximum absolute atomic E-state index is 13.1. The van der Waals surface area contributed by atoms with E-state index in [2.05, 4.69) is 10.3 Å². The fourth-order valence-corrected chi connectivity index (χ4v) is 2.74. The predicted octanol–water partition coefficient (Wildman–Crippen LogP) is 3.93. The van der Waals surface area contributed by atoms with Crippen molar-refractivity contribution >= 4 is 17.2 Å². The van der Waals surface area contributed by atoms with Gasteiger partial charge in [0, 0.05) is 18.0 Å². The molecule has 0 aliphatic heterocycles. The number of amides is 1. The largest absolute Gasteiger partial charge is 0.486 e. The van der Waals surface area contributed by atoms with Crippen molar-refractivity contribution in [2.75, 3.05) is 0 Å². The summed E-state index contributed by atoms with van der Waals surface area (Å²) < 4.78 is 31.4. The van der Waals surface area contributed by atoms with Crippen molar-refractivity contribution < 1.29 is 18.3 Å². The molecule has 0 aliphatic rings. The van der Waals surface area contributed by atoms with Gasteiger partial charge in [-0.05, 0) is 29.8 Å². The summed E-state index contributed by atoms with van der Waals surface area (Å²) in [6.45, 7) is 0.436. The van der Waals surface area contributed by atoms with Crippen LogP contribution in [0.25, 0.3) is 0 Å². The molecule has 0 radical (unpaired) electrons. The van der Waals surface area contributed by atoms with E-state index in [0.29, 0.717) is 10.8 Å². The molecule has 1 amide bonds. The maximum atomic E-state index is 13.1. The number of halogens is 2. The highest BCUT2D eigenvalue weighted by atomic mass is 32.1. The molecule has 0 unspecified atom stereocenters. The van der Waals surface area contributed by atoms with Gasteiger partial charge in [0.1, 0.15) is 34.7 Å². The van der Waals surface area contributed by atoms with Crippen molar-refractivity contribution in [3.05, 3.63) is 81.8 Å². The average Bonchev–Trinajstić information content (AvgIpc) is 3.08. The summed E-state index contributed by atoms with van der Waals surface area (Å²) >= 11 is 1.28. The van der Waals surface area contributed by atoms with Gasteiger partial charge in [-0.3, -0.25) is 4.79 Å². The first-order valence-electron chi connectivity index (χ1n) is 7.45. The second kappa shape index (κ2) is 7.85. The van der Waals surface area contributed by atoms with Crippen molar-refractivity contribution in [1.82, 2.24) is 10.3 Å². The lowest BCUT2D eigenvalue weighted by Gasteiger charge is -2.04. The molecule has 0 bridgehead atoms. The third-order valence-electron chi connectivity index (χ3n) is 3.31. The molecular weight excluding hydrogens is 346 g/mol. The lowest BCUT2D eigenvalue weighted by Crippen LogP contribution is -2.23. The number of thiazole rings is 1. The molecule has 128 valence electrons. The van der Waals surface area contributed by atoms with Crippen LogP contribution in [0.15, 0.2) is 53.9 Å². The van der Waals surface area contributed by atoms with E-state index < -0.39 is 0 Å². The highest BCUT2D eigenvalue weighted by Crippen LogP contribution is 2.16. The van der Waals surface area contributed by atoms with Crippen molar-refractivity contribution in [3.8, 4) is 5.75 Å². The van der Waals surface area contributed by atoms with Crippen LogP contribution in [0.4, 0.5) is 8.78 Å². The first-order chi connectivity index (χ1) is 12.1. The Kier molecular flexibility index (Phi) is 5.35. The Morgan fingerprint density at radius 2 is 1.92 bits per heavy atom. The summed E-state index contributed by atoms with van der Waals surface area (Å²) in [6.07, 6.45) is 0. The highest BCUT2D eigenvalue weighted by Gasteiger charge is 2.11. The van der Waals surface area contributed by atoms with E-state index in [1.54, 1.807) is 29.6 Å². The van der Waals surface area contributed by atoms with E-state index >= 15 is 0 Å². The molecule has 7 heteroatoms. The van der Waals surface area contributed by atoms with Gasteiger partial charge in [0.2, 0.25) is 0 Å². The van der Waals surface area contributed by atoms with Gasteiger partial charge in [-0.2, -0.15) is 0 Å². The summed E-state index contributed by atoms with van der Waals surface area (Å²) in [5, 5.41) is 4.96. The van der Waals surface area contributed by atoms with Gasteiger partial charge in [0.15, 0.2) is 0 Å². The number of benzene rings is 2. The van der Waals surface area contributed by atoms with Crippen molar-refractivity contribution in [1.29, 1.82) is 0 Å². The van der Waals surface area contributed by atoms with Crippen LogP contribution in [0.1, 0.15) is 21.1 Å². The Morgan fingerprint density at radius 3 is 2.68 bits per heavy atom. The van der Waals surface area contributed by atoms with E-state index in [9.17, 15) is 13.6 Å². The number of ether oxygens (including phenoxy) is 1. The van der Waals surface area contributed by atoms with Crippen LogP contribution in [0.3, 0.4) is 0 Å². The zero-order valence-corrected chi connectivity index (χ0v) is 13.9. The minimum Gasteiger partial charge on any atom is -0.486 e. The predicted molar refractivity (Wildman–Crippen MR) is 90.4 cm³/mol. The number of rotatable bonds is 6. The van der Waals surface area contributed by atoms with Crippen molar-refractivity contribution in [2.45, 2.75) is 13.2 Å². The Balaban J connectivity index is 1.53. The number of aromatic nitrogens is 1. The van der Waals surface area contributed by atoms with E-state index in [1.165, 1.54) is 35.6 Å². The topological polar surface area (TPSA) is 51.2 Å². The first kappa shape index (κ1) is 17.0. The summed E-state index contributed by atoms with van der Waals surface area (Å²) in [7, 11) is 0. The zero-order valence-electron chi connectivity index (χ0n) is 13.0. The lowest BCUT2D eigenvalue weighted by molar-refractivity contribution is 0.0946. The number of nitrogens with zero attached hydrogens (tertiary/aromatic N) is 1. The molecular formula is C18H14F2N2O2S. The molecule has 1 aromatic heterocycles. The minimum atomic E-state index is -0.377. The number of hydrogen-bond donors (Lipinski definition) is 1. The Labute approximate surface area is 147 Å². The fraction of sp³-hybridized carbons (Fsp3) is 0.111. The third kappa shape index (κ3) is 4.84. The van der Waals surface area contributed by atoms with E-state index in [1.807, 2.05) is 0 Å². The van der Waals surface area contributed by atoms with E-state index in [4.69, 9.17) is 4.74 Å². The standard InChI is InChI=1S/C18H14F2N2O2S/c19-13-6-4-12(5-7-13)9-21-18(23)16-11-25-17(22-16)10-24-15-3-1-2-14(20)8-15/h1-8,11H,9-10H2,(H,21,23). The number of nitrogens with one attached hydrogen (secondary N) is 1. The van der Waals surface area contributed by atoms with E-state index in [-0.39, 0.29) is 36.4 Å². The van der Waals surface area contributed by atoms with Crippen LogP contribution in [0.5, 0.6) is 5.75 Å². The van der Waals surface area contributed by atoms with Gasteiger partial charge >= 0.3 is 0 Å². The quantitative estimate of drug-likeness (QED) is 0.725. The molecule has 0 saturated heterocycles. The van der Waals surface area contributed by atoms with Crippen molar-refractivity contribution in [3.63, 3.8) is 0 Å². The second-order valence-corrected chi connectivity index (χ2v) is 6.12. The van der Waals surface area contributed by atoms with Crippen LogP contribution in [-0.2, 0) is 13.2 Å². The molecule has 0 aliphatic carbocycles. The third-order valence-corrected chi connectivity index (χ3v) is 4.13. The van der Waals surface area contributed by atoms with Crippen LogP contribution < -0.4 is 10.1 Å². The fourth-order valence-electron chi connectivity index (χ4n) is 2.06. The van der Waals surface area contributed by atoms with Gasteiger partial charge in [0.05, 0.1) is 0 Å². The molecule has 0 atom stereocenters. The summed E-state index contributed by atoms with van der Waals surface area (Å²) in [5.74, 6) is -0.620. The molecule has 3 rings (SSSR count). The maximum Gasteiger partial charge on any atom is 0.271 e. The summed E-state index contributed by atoms with van der Waals surface area (Å²) in [4.78, 5) is 16.3. The normalized spacial score (nSPS) is 10.5. The lowest BCUT2D eigenvalue weighted by atomic mass is 10.2. The molecule has 1 heterocycles. The summed E-state index contributed by atoms with van der Waals surface area (Å²) in [6, 6.07) is 11.7. The Hall–Kier alpha value is -2.80. The second-order valence-electron chi connectivity index (χ2n) is 5.18. The Morgan fingerprint density at radius 1 is 1.12 bits per heavy atom. The molecule has 2 aromatic carbocycles. The average molecular weight is 360 g/mol. The number of carbonyl (C=O) groups excluding carboxylic acids is 1. The van der Waals surface area contributed by atoms with Gasteiger partial charge < -0.3 is 10.1 Å². The molecule has 0 saturated carbocycles. The van der Waals surface area contributed by atoms with Crippen LogP contribution in [0.2, 0.25) is 0 Å². The van der Waals surface area contributed by atoms with E-state index in [0.717, 1.165) is 5.56 Å². The SMILES string of the molecule is O=C(NCc1ccc(F)cc1)c1csc(COc2cccc(F)c2)n1. The molecule has 4 nitrogen and oxygen atoms in total. The van der Waals surface area contributed by atoms with Crippen LogP contribution in [-0.4, -0.2) is 10.9 Å². The van der Waals surface area contributed by atoms with Crippen LogP contribution >= 0.6 is 11.3 Å².